The van der Waals surface area contributed by atoms with Crippen LogP contribution in [-0.4, -0.2) is 42.0 Å². The summed E-state index contributed by atoms with van der Waals surface area (Å²) in [4.78, 5) is 20.6. The van der Waals surface area contributed by atoms with Crippen LogP contribution in [0.5, 0.6) is 0 Å². The summed E-state index contributed by atoms with van der Waals surface area (Å²) >= 11 is 0. The highest BCUT2D eigenvalue weighted by molar-refractivity contribution is 5.94. The zero-order valence-corrected chi connectivity index (χ0v) is 14.9. The maximum atomic E-state index is 12.6. The summed E-state index contributed by atoms with van der Waals surface area (Å²) in [5.74, 6) is 1.20. The average molecular weight is 362 g/mol. The summed E-state index contributed by atoms with van der Waals surface area (Å²) in [5, 5.41) is 9.38. The number of carbonyl (C=O) groups excluding carboxylic acids is 1. The van der Waals surface area contributed by atoms with E-state index in [4.69, 9.17) is 8.83 Å². The van der Waals surface area contributed by atoms with E-state index in [9.17, 15) is 10.1 Å². The molecule has 0 unspecified atom stereocenters. The van der Waals surface area contributed by atoms with Gasteiger partial charge in [-0.3, -0.25) is 4.79 Å². The SMILES string of the molecule is Cc1ccc(C(=O)N2CCN(c3oc(-c4ccco4)nc3C#N)CC2)cc1. The van der Waals surface area contributed by atoms with Crippen molar-refractivity contribution in [1.82, 2.24) is 9.88 Å². The molecule has 0 aliphatic carbocycles. The topological polar surface area (TPSA) is 86.5 Å². The Kier molecular flexibility index (Phi) is 4.38. The second kappa shape index (κ2) is 7.00. The van der Waals surface area contributed by atoms with E-state index in [0.717, 1.165) is 5.56 Å². The largest absolute Gasteiger partial charge is 0.459 e. The predicted molar refractivity (Wildman–Crippen MR) is 98.2 cm³/mol. The molecule has 2 aromatic heterocycles. The Hall–Kier alpha value is -3.53. The Morgan fingerprint density at radius 3 is 2.52 bits per heavy atom. The molecule has 0 bridgehead atoms. The van der Waals surface area contributed by atoms with Crippen LogP contribution in [0.2, 0.25) is 0 Å². The van der Waals surface area contributed by atoms with Crippen molar-refractivity contribution in [3.05, 3.63) is 59.5 Å². The van der Waals surface area contributed by atoms with Crippen LogP contribution in [-0.2, 0) is 0 Å². The molecule has 1 aliphatic rings. The van der Waals surface area contributed by atoms with Crippen LogP contribution in [0.25, 0.3) is 11.7 Å². The molecule has 1 saturated heterocycles. The maximum absolute atomic E-state index is 12.6. The molecule has 7 heteroatoms. The van der Waals surface area contributed by atoms with Crippen molar-refractivity contribution in [1.29, 1.82) is 5.26 Å². The lowest BCUT2D eigenvalue weighted by Crippen LogP contribution is -2.48. The molecule has 0 N–H and O–H groups in total. The van der Waals surface area contributed by atoms with Crippen molar-refractivity contribution in [3.63, 3.8) is 0 Å². The first kappa shape index (κ1) is 16.9. The number of carbonyl (C=O) groups is 1. The highest BCUT2D eigenvalue weighted by Crippen LogP contribution is 2.29. The first-order valence-corrected chi connectivity index (χ1v) is 8.71. The lowest BCUT2D eigenvalue weighted by atomic mass is 10.1. The fraction of sp³-hybridized carbons (Fsp3) is 0.250. The number of hydrogen-bond acceptors (Lipinski definition) is 6. The molecule has 0 radical (unpaired) electrons. The highest BCUT2D eigenvalue weighted by atomic mass is 16.4. The molecule has 7 nitrogen and oxygen atoms in total. The third-order valence-electron chi connectivity index (χ3n) is 4.60. The smallest absolute Gasteiger partial charge is 0.266 e. The number of benzene rings is 1. The molecule has 3 heterocycles. The van der Waals surface area contributed by atoms with Gasteiger partial charge in [0, 0.05) is 31.7 Å². The lowest BCUT2D eigenvalue weighted by Gasteiger charge is -2.34. The Morgan fingerprint density at radius 1 is 1.15 bits per heavy atom. The number of hydrogen-bond donors (Lipinski definition) is 0. The molecule has 1 fully saturated rings. The van der Waals surface area contributed by atoms with Gasteiger partial charge in [0.1, 0.15) is 6.07 Å². The summed E-state index contributed by atoms with van der Waals surface area (Å²) in [6, 6.07) is 13.1. The number of piperazine rings is 1. The number of furan rings is 1. The van der Waals surface area contributed by atoms with Gasteiger partial charge in [-0.25, -0.2) is 0 Å². The second-order valence-corrected chi connectivity index (χ2v) is 6.41. The third-order valence-corrected chi connectivity index (χ3v) is 4.60. The Morgan fingerprint density at radius 2 is 1.89 bits per heavy atom. The van der Waals surface area contributed by atoms with E-state index in [1.54, 1.807) is 12.1 Å². The first-order valence-electron chi connectivity index (χ1n) is 8.71. The number of anilines is 1. The van der Waals surface area contributed by atoms with Crippen LogP contribution < -0.4 is 4.90 Å². The maximum Gasteiger partial charge on any atom is 0.266 e. The summed E-state index contributed by atoms with van der Waals surface area (Å²) < 4.78 is 11.1. The monoisotopic (exact) mass is 362 g/mol. The Labute approximate surface area is 156 Å². The molecule has 136 valence electrons. The molecular formula is C20H18N4O3. The van der Waals surface area contributed by atoms with Crippen molar-refractivity contribution >= 4 is 11.8 Å². The molecule has 1 amide bonds. The summed E-state index contributed by atoms with van der Waals surface area (Å²) in [6.07, 6.45) is 1.53. The number of rotatable bonds is 3. The summed E-state index contributed by atoms with van der Waals surface area (Å²) in [5.41, 5.74) is 2.03. The molecule has 1 aromatic carbocycles. The van der Waals surface area contributed by atoms with E-state index in [-0.39, 0.29) is 17.5 Å². The molecule has 0 atom stereocenters. The molecule has 1 aliphatic heterocycles. The van der Waals surface area contributed by atoms with E-state index >= 15 is 0 Å². The molecule has 27 heavy (non-hydrogen) atoms. The van der Waals surface area contributed by atoms with E-state index in [0.29, 0.717) is 43.4 Å². The van der Waals surface area contributed by atoms with Crippen LogP contribution in [0, 0.1) is 18.3 Å². The lowest BCUT2D eigenvalue weighted by molar-refractivity contribution is 0.0745. The minimum atomic E-state index is 0.0176. The second-order valence-electron chi connectivity index (χ2n) is 6.41. The standard InChI is InChI=1S/C20H18N4O3/c1-14-4-6-15(7-5-14)19(25)23-8-10-24(11-9-23)20-16(13-21)22-18(27-20)17-3-2-12-26-17/h2-7,12H,8-11H2,1H3. The van der Waals surface area contributed by atoms with Gasteiger partial charge in [0.25, 0.3) is 11.8 Å². The van der Waals surface area contributed by atoms with Gasteiger partial charge in [-0.2, -0.15) is 10.2 Å². The van der Waals surface area contributed by atoms with Gasteiger partial charge in [0.15, 0.2) is 5.76 Å². The minimum Gasteiger partial charge on any atom is -0.459 e. The number of amides is 1. The zero-order valence-electron chi connectivity index (χ0n) is 14.9. The van der Waals surface area contributed by atoms with Crippen LogP contribution >= 0.6 is 0 Å². The van der Waals surface area contributed by atoms with Crippen molar-refractivity contribution in [2.45, 2.75) is 6.92 Å². The Balaban J connectivity index is 1.47. The first-order chi connectivity index (χ1) is 13.2. The summed E-state index contributed by atoms with van der Waals surface area (Å²) in [6.45, 7) is 4.23. The summed E-state index contributed by atoms with van der Waals surface area (Å²) in [7, 11) is 0. The molecular weight excluding hydrogens is 344 g/mol. The van der Waals surface area contributed by atoms with E-state index in [1.807, 2.05) is 41.0 Å². The van der Waals surface area contributed by atoms with Crippen LogP contribution in [0.3, 0.4) is 0 Å². The van der Waals surface area contributed by atoms with Gasteiger partial charge >= 0.3 is 0 Å². The van der Waals surface area contributed by atoms with Gasteiger partial charge in [-0.15, -0.1) is 0 Å². The molecule has 0 spiro atoms. The van der Waals surface area contributed by atoms with Crippen molar-refractivity contribution in [3.8, 4) is 17.7 Å². The van der Waals surface area contributed by atoms with Crippen molar-refractivity contribution < 1.29 is 13.6 Å². The molecule has 4 rings (SSSR count). The van der Waals surface area contributed by atoms with Crippen LogP contribution in [0.1, 0.15) is 21.6 Å². The Bertz CT molecular complexity index is 975. The number of oxazole rings is 1. The third kappa shape index (κ3) is 3.29. The highest BCUT2D eigenvalue weighted by Gasteiger charge is 2.27. The van der Waals surface area contributed by atoms with Gasteiger partial charge in [0.05, 0.1) is 6.26 Å². The predicted octanol–water partition coefficient (Wildman–Crippen LogP) is 3.08. The van der Waals surface area contributed by atoms with Gasteiger partial charge < -0.3 is 18.6 Å². The fourth-order valence-electron chi connectivity index (χ4n) is 3.10. The molecule has 0 saturated carbocycles. The number of aromatic nitrogens is 1. The molecule has 3 aromatic rings. The normalized spacial score (nSPS) is 14.2. The zero-order chi connectivity index (χ0) is 18.8. The van der Waals surface area contributed by atoms with Crippen molar-refractivity contribution in [2.75, 3.05) is 31.1 Å². The van der Waals surface area contributed by atoms with E-state index in [2.05, 4.69) is 11.1 Å². The van der Waals surface area contributed by atoms with Gasteiger partial charge in [-0.05, 0) is 31.2 Å². The fourth-order valence-corrected chi connectivity index (χ4v) is 3.10. The minimum absolute atomic E-state index is 0.0176. The number of nitrogens with zero attached hydrogens (tertiary/aromatic N) is 4. The van der Waals surface area contributed by atoms with Gasteiger partial charge in [0.2, 0.25) is 11.6 Å². The quantitative estimate of drug-likeness (QED) is 0.712. The van der Waals surface area contributed by atoms with E-state index < -0.39 is 0 Å². The van der Waals surface area contributed by atoms with Crippen LogP contribution in [0.15, 0.2) is 51.5 Å². The van der Waals surface area contributed by atoms with Crippen molar-refractivity contribution in [2.24, 2.45) is 0 Å². The van der Waals surface area contributed by atoms with Crippen LogP contribution in [0.4, 0.5) is 5.88 Å². The number of nitriles is 1. The average Bonchev–Trinajstić information content (AvgIpc) is 3.37. The van der Waals surface area contributed by atoms with Gasteiger partial charge in [-0.1, -0.05) is 17.7 Å². The van der Waals surface area contributed by atoms with E-state index in [1.165, 1.54) is 6.26 Å². The number of aryl methyl sites for hydroxylation is 1.